The molecule has 0 bridgehead atoms. The van der Waals surface area contributed by atoms with Crippen molar-refractivity contribution < 1.29 is 0 Å². The third kappa shape index (κ3) is 2.22. The Kier molecular flexibility index (Phi) is 3.33. The van der Waals surface area contributed by atoms with Crippen LogP contribution in [0.5, 0.6) is 0 Å². The van der Waals surface area contributed by atoms with Crippen LogP contribution in [0.15, 0.2) is 0 Å². The van der Waals surface area contributed by atoms with E-state index in [1.807, 2.05) is 0 Å². The van der Waals surface area contributed by atoms with Gasteiger partial charge in [0.1, 0.15) is 0 Å². The van der Waals surface area contributed by atoms with Crippen LogP contribution in [0.3, 0.4) is 0 Å². The molecule has 1 saturated heterocycles. The average molecular weight is 185 g/mol. The molecule has 13 heavy (non-hydrogen) atoms. The van der Waals surface area contributed by atoms with Gasteiger partial charge in [-0.05, 0) is 27.4 Å². The predicted molar refractivity (Wildman–Crippen MR) is 56.8 cm³/mol. The van der Waals surface area contributed by atoms with Crippen molar-refractivity contribution in [3.63, 3.8) is 0 Å². The average Bonchev–Trinajstić information content (AvgIpc) is 2.09. The fraction of sp³-hybridized carbons (Fsp3) is 1.00. The Balaban J connectivity index is 2.69. The minimum atomic E-state index is 0.262. The van der Waals surface area contributed by atoms with E-state index in [2.05, 4.69) is 37.6 Å². The molecule has 1 unspecified atom stereocenters. The highest BCUT2D eigenvalue weighted by Crippen LogP contribution is 2.22. The summed E-state index contributed by atoms with van der Waals surface area (Å²) in [6, 6.07) is 0.517. The van der Waals surface area contributed by atoms with Gasteiger partial charge in [-0.1, -0.05) is 6.92 Å². The van der Waals surface area contributed by atoms with E-state index in [1.165, 1.54) is 0 Å². The van der Waals surface area contributed by atoms with Crippen molar-refractivity contribution in [3.8, 4) is 0 Å². The fourth-order valence-corrected chi connectivity index (χ4v) is 2.11. The van der Waals surface area contributed by atoms with Gasteiger partial charge in [0, 0.05) is 31.2 Å². The number of nitrogens with zero attached hydrogens (tertiary/aromatic N) is 2. The van der Waals surface area contributed by atoms with Gasteiger partial charge in [0.15, 0.2) is 0 Å². The molecule has 0 saturated carbocycles. The van der Waals surface area contributed by atoms with Crippen LogP contribution in [-0.4, -0.2) is 54.6 Å². The van der Waals surface area contributed by atoms with Crippen molar-refractivity contribution in [2.24, 2.45) is 5.73 Å². The molecular formula is C10H23N3. The Morgan fingerprint density at radius 1 is 1.46 bits per heavy atom. The normalized spacial score (nSPS) is 30.7. The van der Waals surface area contributed by atoms with Gasteiger partial charge in [-0.3, -0.25) is 4.90 Å². The minimum absolute atomic E-state index is 0.262. The van der Waals surface area contributed by atoms with Gasteiger partial charge < -0.3 is 10.6 Å². The first kappa shape index (κ1) is 11.0. The zero-order chi connectivity index (χ0) is 10.1. The van der Waals surface area contributed by atoms with Crippen LogP contribution < -0.4 is 5.73 Å². The third-order valence-corrected chi connectivity index (χ3v) is 3.30. The SMILES string of the molecule is CCN1CC(CN)N(C)C(C)(C)C1. The first-order valence-electron chi connectivity index (χ1n) is 5.16. The molecule has 1 atom stereocenters. The van der Waals surface area contributed by atoms with Crippen molar-refractivity contribution >= 4 is 0 Å². The van der Waals surface area contributed by atoms with E-state index >= 15 is 0 Å². The topological polar surface area (TPSA) is 32.5 Å². The van der Waals surface area contributed by atoms with Crippen LogP contribution in [-0.2, 0) is 0 Å². The first-order valence-corrected chi connectivity index (χ1v) is 5.16. The largest absolute Gasteiger partial charge is 0.329 e. The summed E-state index contributed by atoms with van der Waals surface area (Å²) in [7, 11) is 2.19. The summed E-state index contributed by atoms with van der Waals surface area (Å²) in [6.07, 6.45) is 0. The number of hydrogen-bond acceptors (Lipinski definition) is 3. The molecule has 0 amide bonds. The van der Waals surface area contributed by atoms with Crippen molar-refractivity contribution in [2.75, 3.05) is 33.2 Å². The Morgan fingerprint density at radius 2 is 2.08 bits per heavy atom. The molecule has 1 rings (SSSR count). The standard InChI is InChI=1S/C10H23N3/c1-5-13-7-9(6-11)12(4)10(2,3)8-13/h9H,5-8,11H2,1-4H3. The minimum Gasteiger partial charge on any atom is -0.329 e. The molecule has 1 aliphatic heterocycles. The maximum atomic E-state index is 5.76. The number of piperazine rings is 1. The number of likely N-dealkylation sites (N-methyl/N-ethyl adjacent to an activating group) is 2. The molecule has 0 aliphatic carbocycles. The summed E-state index contributed by atoms with van der Waals surface area (Å²) in [5, 5.41) is 0. The lowest BCUT2D eigenvalue weighted by Gasteiger charge is -2.49. The van der Waals surface area contributed by atoms with Crippen LogP contribution in [0.25, 0.3) is 0 Å². The molecule has 3 heteroatoms. The van der Waals surface area contributed by atoms with Crippen LogP contribution in [0.1, 0.15) is 20.8 Å². The van der Waals surface area contributed by atoms with Gasteiger partial charge in [-0.25, -0.2) is 0 Å². The highest BCUT2D eigenvalue weighted by molar-refractivity contribution is 4.93. The van der Waals surface area contributed by atoms with E-state index in [0.717, 1.165) is 26.2 Å². The molecular weight excluding hydrogens is 162 g/mol. The Hall–Kier alpha value is -0.120. The molecule has 2 N–H and O–H groups in total. The molecule has 3 nitrogen and oxygen atoms in total. The van der Waals surface area contributed by atoms with E-state index in [4.69, 9.17) is 5.73 Å². The summed E-state index contributed by atoms with van der Waals surface area (Å²) in [6.45, 7) is 11.0. The summed E-state index contributed by atoms with van der Waals surface area (Å²) < 4.78 is 0. The Bertz CT molecular complexity index is 168. The molecule has 78 valence electrons. The number of nitrogens with two attached hydrogens (primary N) is 1. The van der Waals surface area contributed by atoms with Crippen molar-refractivity contribution in [3.05, 3.63) is 0 Å². The van der Waals surface area contributed by atoms with E-state index < -0.39 is 0 Å². The third-order valence-electron chi connectivity index (χ3n) is 3.30. The molecule has 0 spiro atoms. The number of rotatable bonds is 2. The maximum absolute atomic E-state index is 5.76. The quantitative estimate of drug-likeness (QED) is 0.674. The molecule has 0 aromatic heterocycles. The molecule has 0 aromatic carbocycles. The van der Waals surface area contributed by atoms with Gasteiger partial charge in [-0.2, -0.15) is 0 Å². The van der Waals surface area contributed by atoms with E-state index in [0.29, 0.717) is 6.04 Å². The predicted octanol–water partition coefficient (Wildman–Crippen LogP) is 0.360. The van der Waals surface area contributed by atoms with E-state index in [-0.39, 0.29) is 5.54 Å². The highest BCUT2D eigenvalue weighted by Gasteiger charge is 2.35. The molecule has 0 aromatic rings. The summed E-state index contributed by atoms with van der Waals surface area (Å²) >= 11 is 0. The van der Waals surface area contributed by atoms with E-state index in [1.54, 1.807) is 0 Å². The van der Waals surface area contributed by atoms with Gasteiger partial charge in [0.05, 0.1) is 0 Å². The van der Waals surface area contributed by atoms with Crippen LogP contribution in [0.2, 0.25) is 0 Å². The fourth-order valence-electron chi connectivity index (χ4n) is 2.11. The van der Waals surface area contributed by atoms with Gasteiger partial charge >= 0.3 is 0 Å². The summed E-state index contributed by atoms with van der Waals surface area (Å²) in [4.78, 5) is 4.90. The molecule has 1 heterocycles. The summed E-state index contributed by atoms with van der Waals surface area (Å²) in [5.74, 6) is 0. The van der Waals surface area contributed by atoms with Crippen molar-refractivity contribution in [1.29, 1.82) is 0 Å². The van der Waals surface area contributed by atoms with Gasteiger partial charge in [0.25, 0.3) is 0 Å². The lowest BCUT2D eigenvalue weighted by molar-refractivity contribution is -0.000346. The Labute approximate surface area is 81.9 Å². The first-order chi connectivity index (χ1) is 6.01. The lowest BCUT2D eigenvalue weighted by Crippen LogP contribution is -2.64. The second kappa shape index (κ2) is 3.95. The second-order valence-corrected chi connectivity index (χ2v) is 4.64. The van der Waals surface area contributed by atoms with Crippen LogP contribution in [0, 0.1) is 0 Å². The van der Waals surface area contributed by atoms with Crippen molar-refractivity contribution in [2.45, 2.75) is 32.4 Å². The monoisotopic (exact) mass is 185 g/mol. The van der Waals surface area contributed by atoms with Gasteiger partial charge in [-0.15, -0.1) is 0 Å². The van der Waals surface area contributed by atoms with Crippen LogP contribution in [0.4, 0.5) is 0 Å². The van der Waals surface area contributed by atoms with Crippen LogP contribution >= 0.6 is 0 Å². The highest BCUT2D eigenvalue weighted by atomic mass is 15.3. The zero-order valence-corrected chi connectivity index (χ0v) is 9.38. The smallest absolute Gasteiger partial charge is 0.0348 e. The molecule has 0 radical (unpaired) electrons. The Morgan fingerprint density at radius 3 is 2.54 bits per heavy atom. The van der Waals surface area contributed by atoms with Gasteiger partial charge in [0.2, 0.25) is 0 Å². The maximum Gasteiger partial charge on any atom is 0.0348 e. The zero-order valence-electron chi connectivity index (χ0n) is 9.38. The second-order valence-electron chi connectivity index (χ2n) is 4.64. The summed E-state index contributed by atoms with van der Waals surface area (Å²) in [5.41, 5.74) is 6.03. The van der Waals surface area contributed by atoms with Crippen molar-refractivity contribution in [1.82, 2.24) is 9.80 Å². The number of hydrogen-bond donors (Lipinski definition) is 1. The molecule has 1 fully saturated rings. The lowest BCUT2D eigenvalue weighted by atomic mass is 9.96. The molecule has 1 aliphatic rings. The van der Waals surface area contributed by atoms with E-state index in [9.17, 15) is 0 Å².